The fourth-order valence-corrected chi connectivity index (χ4v) is 2.37. The number of ether oxygens (including phenoxy) is 2. The van der Waals surface area contributed by atoms with Crippen LogP contribution in [0.1, 0.15) is 5.56 Å². The summed E-state index contributed by atoms with van der Waals surface area (Å²) in [4.78, 5) is 23.7. The molecule has 3 aromatic rings. The van der Waals surface area contributed by atoms with Crippen LogP contribution < -0.4 is 10.1 Å². The highest BCUT2D eigenvalue weighted by Crippen LogP contribution is 2.20. The lowest BCUT2D eigenvalue weighted by atomic mass is 10.2. The second kappa shape index (κ2) is 10.9. The van der Waals surface area contributed by atoms with E-state index in [1.54, 1.807) is 48.5 Å². The van der Waals surface area contributed by atoms with Gasteiger partial charge in [0.1, 0.15) is 5.75 Å². The zero-order valence-electron chi connectivity index (χ0n) is 16.4. The monoisotopic (exact) mass is 414 g/mol. The van der Waals surface area contributed by atoms with Crippen molar-refractivity contribution in [3.8, 4) is 11.8 Å². The summed E-state index contributed by atoms with van der Waals surface area (Å²) >= 11 is 0. The van der Waals surface area contributed by atoms with E-state index in [9.17, 15) is 9.59 Å². The maximum atomic E-state index is 12.0. The average Bonchev–Trinajstić information content (AvgIpc) is 2.82. The molecule has 0 aliphatic carbocycles. The Balaban J connectivity index is 1.40. The Hall–Kier alpha value is -4.51. The molecule has 0 bridgehead atoms. The number of hydrogen-bond donors (Lipinski definition) is 1. The van der Waals surface area contributed by atoms with Crippen molar-refractivity contribution in [3.63, 3.8) is 0 Å². The lowest BCUT2D eigenvalue weighted by Crippen LogP contribution is -2.23. The van der Waals surface area contributed by atoms with Crippen molar-refractivity contribution in [1.82, 2.24) is 0 Å². The predicted octanol–water partition coefficient (Wildman–Crippen LogP) is 4.53. The van der Waals surface area contributed by atoms with Crippen molar-refractivity contribution in [2.75, 3.05) is 18.5 Å². The Labute approximate surface area is 178 Å². The van der Waals surface area contributed by atoms with E-state index in [4.69, 9.17) is 14.7 Å². The molecule has 154 valence electrons. The highest BCUT2D eigenvalue weighted by molar-refractivity contribution is 5.93. The van der Waals surface area contributed by atoms with Crippen molar-refractivity contribution in [2.24, 2.45) is 10.2 Å². The van der Waals surface area contributed by atoms with Gasteiger partial charge in [-0.25, -0.2) is 4.79 Å². The smallest absolute Gasteiger partial charge is 0.344 e. The van der Waals surface area contributed by atoms with Gasteiger partial charge in [0, 0.05) is 5.69 Å². The molecule has 0 atom stereocenters. The number of carbonyl (C=O) groups excluding carboxylic acids is 2. The molecule has 0 saturated carbocycles. The maximum Gasteiger partial charge on any atom is 0.344 e. The first-order valence-electron chi connectivity index (χ1n) is 9.28. The van der Waals surface area contributed by atoms with E-state index in [-0.39, 0.29) is 6.61 Å². The molecule has 8 nitrogen and oxygen atoms in total. The molecule has 0 heterocycles. The van der Waals surface area contributed by atoms with E-state index in [0.717, 1.165) is 5.69 Å². The highest BCUT2D eigenvalue weighted by Gasteiger charge is 2.09. The normalized spacial score (nSPS) is 10.3. The Morgan fingerprint density at radius 2 is 1.48 bits per heavy atom. The first-order chi connectivity index (χ1) is 15.1. The molecule has 1 amide bonds. The van der Waals surface area contributed by atoms with Crippen LogP contribution in [-0.2, 0) is 14.3 Å². The number of esters is 1. The first-order valence-corrected chi connectivity index (χ1v) is 9.28. The van der Waals surface area contributed by atoms with Crippen molar-refractivity contribution in [3.05, 3.63) is 84.4 Å². The van der Waals surface area contributed by atoms with Crippen molar-refractivity contribution >= 4 is 28.9 Å². The summed E-state index contributed by atoms with van der Waals surface area (Å²) < 4.78 is 10.1. The fraction of sp³-hybridized carbons (Fsp3) is 0.0870. The Morgan fingerprint density at radius 3 is 2.13 bits per heavy atom. The highest BCUT2D eigenvalue weighted by atomic mass is 16.6. The van der Waals surface area contributed by atoms with Crippen LogP contribution in [0, 0.1) is 11.3 Å². The molecule has 0 saturated heterocycles. The molecular weight excluding hydrogens is 396 g/mol. The minimum absolute atomic E-state index is 0.347. The second-order valence-electron chi connectivity index (χ2n) is 6.22. The molecule has 0 spiro atoms. The summed E-state index contributed by atoms with van der Waals surface area (Å²) in [6.45, 7) is -0.786. The number of benzene rings is 3. The number of hydrogen-bond acceptors (Lipinski definition) is 7. The number of anilines is 1. The summed E-state index contributed by atoms with van der Waals surface area (Å²) in [7, 11) is 0. The number of nitrogens with one attached hydrogen (secondary N) is 1. The quantitative estimate of drug-likeness (QED) is 0.430. The Kier molecular flexibility index (Phi) is 7.44. The van der Waals surface area contributed by atoms with E-state index in [0.29, 0.717) is 22.7 Å². The maximum absolute atomic E-state index is 12.0. The zero-order chi connectivity index (χ0) is 21.9. The Bertz CT molecular complexity index is 1090. The molecule has 0 unspecified atom stereocenters. The summed E-state index contributed by atoms with van der Waals surface area (Å²) in [6, 6.07) is 24.4. The van der Waals surface area contributed by atoms with Crippen LogP contribution >= 0.6 is 0 Å². The number of carbonyl (C=O) groups is 2. The van der Waals surface area contributed by atoms with Crippen molar-refractivity contribution in [2.45, 2.75) is 0 Å². The van der Waals surface area contributed by atoms with Gasteiger partial charge >= 0.3 is 5.97 Å². The minimum atomic E-state index is -0.684. The Morgan fingerprint density at radius 1 is 0.839 bits per heavy atom. The molecule has 3 aromatic carbocycles. The first kappa shape index (κ1) is 21.2. The lowest BCUT2D eigenvalue weighted by Gasteiger charge is -2.08. The van der Waals surface area contributed by atoms with Gasteiger partial charge in [-0.15, -0.1) is 0 Å². The van der Waals surface area contributed by atoms with Crippen molar-refractivity contribution < 1.29 is 19.1 Å². The topological polar surface area (TPSA) is 113 Å². The van der Waals surface area contributed by atoms with E-state index in [1.165, 1.54) is 0 Å². The van der Waals surface area contributed by atoms with Gasteiger partial charge in [0.2, 0.25) is 0 Å². The number of amides is 1. The third-order valence-electron chi connectivity index (χ3n) is 3.89. The van der Waals surface area contributed by atoms with Crippen LogP contribution in [-0.4, -0.2) is 25.1 Å². The van der Waals surface area contributed by atoms with E-state index in [2.05, 4.69) is 15.5 Å². The van der Waals surface area contributed by atoms with Crippen LogP contribution in [0.25, 0.3) is 0 Å². The van der Waals surface area contributed by atoms with Gasteiger partial charge in [-0.1, -0.05) is 18.2 Å². The second-order valence-corrected chi connectivity index (χ2v) is 6.22. The standard InChI is InChI=1S/C23H18N4O4/c24-14-17-6-12-21(13-7-17)30-16-23(29)31-15-22(28)25-18-8-10-20(11-9-18)27-26-19-4-2-1-3-5-19/h1-13H,15-16H2,(H,25,28). The summed E-state index contributed by atoms with van der Waals surface area (Å²) in [5.41, 5.74) is 2.39. The van der Waals surface area contributed by atoms with Gasteiger partial charge in [-0.3, -0.25) is 4.79 Å². The molecule has 0 aromatic heterocycles. The van der Waals surface area contributed by atoms with Gasteiger partial charge < -0.3 is 14.8 Å². The van der Waals surface area contributed by atoms with Gasteiger partial charge in [0.05, 0.1) is 23.0 Å². The minimum Gasteiger partial charge on any atom is -0.482 e. The third kappa shape index (κ3) is 7.11. The van der Waals surface area contributed by atoms with E-state index in [1.807, 2.05) is 36.4 Å². The molecule has 1 N–H and O–H groups in total. The molecule has 31 heavy (non-hydrogen) atoms. The van der Waals surface area contributed by atoms with E-state index < -0.39 is 18.5 Å². The number of azo groups is 1. The number of nitriles is 1. The van der Waals surface area contributed by atoms with E-state index >= 15 is 0 Å². The molecule has 8 heteroatoms. The SMILES string of the molecule is N#Cc1ccc(OCC(=O)OCC(=O)Nc2ccc(N=Nc3ccccc3)cc2)cc1. The molecule has 0 radical (unpaired) electrons. The van der Waals surface area contributed by atoms with Crippen LogP contribution in [0.2, 0.25) is 0 Å². The van der Waals surface area contributed by atoms with Crippen molar-refractivity contribution in [1.29, 1.82) is 5.26 Å². The van der Waals surface area contributed by atoms with Crippen LogP contribution in [0.5, 0.6) is 5.75 Å². The van der Waals surface area contributed by atoms with Crippen LogP contribution in [0.15, 0.2) is 89.1 Å². The third-order valence-corrected chi connectivity index (χ3v) is 3.89. The summed E-state index contributed by atoms with van der Waals surface area (Å²) in [6.07, 6.45) is 0. The zero-order valence-corrected chi connectivity index (χ0v) is 16.4. The predicted molar refractivity (Wildman–Crippen MR) is 113 cm³/mol. The van der Waals surface area contributed by atoms with Gasteiger partial charge in [0.15, 0.2) is 13.2 Å². The van der Waals surface area contributed by atoms with Crippen LogP contribution in [0.3, 0.4) is 0 Å². The summed E-state index contributed by atoms with van der Waals surface area (Å²) in [5.74, 6) is -0.744. The fourth-order valence-electron chi connectivity index (χ4n) is 2.37. The van der Waals surface area contributed by atoms with Gasteiger partial charge in [0.25, 0.3) is 5.91 Å². The molecular formula is C23H18N4O4. The molecule has 3 rings (SSSR count). The number of rotatable bonds is 8. The molecule has 0 aliphatic heterocycles. The number of nitrogens with zero attached hydrogens (tertiary/aromatic N) is 3. The lowest BCUT2D eigenvalue weighted by molar-refractivity contribution is -0.149. The largest absolute Gasteiger partial charge is 0.482 e. The average molecular weight is 414 g/mol. The van der Waals surface area contributed by atoms with Gasteiger partial charge in [-0.2, -0.15) is 15.5 Å². The summed E-state index contributed by atoms with van der Waals surface area (Å²) in [5, 5.41) is 19.6. The van der Waals surface area contributed by atoms with Crippen LogP contribution in [0.4, 0.5) is 17.1 Å². The molecule has 0 fully saturated rings. The van der Waals surface area contributed by atoms with Gasteiger partial charge in [-0.05, 0) is 60.7 Å². The molecule has 0 aliphatic rings.